The van der Waals surface area contributed by atoms with Crippen molar-refractivity contribution in [2.24, 2.45) is 13.0 Å². The fraction of sp³-hybridized carbons (Fsp3) is 0.692. The van der Waals surface area contributed by atoms with Gasteiger partial charge in [-0.1, -0.05) is 11.6 Å². The van der Waals surface area contributed by atoms with E-state index in [4.69, 9.17) is 11.6 Å². The van der Waals surface area contributed by atoms with E-state index in [0.717, 1.165) is 31.9 Å². The van der Waals surface area contributed by atoms with E-state index < -0.39 is 0 Å². The average molecular weight is 285 g/mol. The van der Waals surface area contributed by atoms with Crippen LogP contribution in [0.25, 0.3) is 0 Å². The molecule has 5 nitrogen and oxygen atoms in total. The number of aromatic nitrogens is 2. The van der Waals surface area contributed by atoms with Crippen LogP contribution in [0.4, 0.5) is 5.69 Å². The first kappa shape index (κ1) is 14.3. The maximum Gasteiger partial charge on any atom is 0.287 e. The van der Waals surface area contributed by atoms with E-state index in [9.17, 15) is 4.79 Å². The molecule has 1 aliphatic heterocycles. The number of hydrogen-bond acceptors (Lipinski definition) is 4. The zero-order valence-corrected chi connectivity index (χ0v) is 12.3. The molecule has 1 aromatic rings. The van der Waals surface area contributed by atoms with Gasteiger partial charge in [0.2, 0.25) is 0 Å². The number of anilines is 1. The molecule has 2 heterocycles. The Balaban J connectivity index is 2.17. The van der Waals surface area contributed by atoms with Crippen LogP contribution in [-0.2, 0) is 7.05 Å². The van der Waals surface area contributed by atoms with Crippen molar-refractivity contribution in [2.75, 3.05) is 31.1 Å². The summed E-state index contributed by atoms with van der Waals surface area (Å²) in [5, 5.41) is 7.70. The number of aryl methyl sites for hydroxylation is 1. The van der Waals surface area contributed by atoms with Crippen LogP contribution < -0.4 is 15.8 Å². The monoisotopic (exact) mass is 284 g/mol. The number of halogens is 1. The second-order valence-electron chi connectivity index (χ2n) is 5.00. The Hall–Kier alpha value is -1.07. The molecular weight excluding hydrogens is 264 g/mol. The normalized spacial score (nSPS) is 16.6. The third-order valence-electron chi connectivity index (χ3n) is 3.72. The fourth-order valence-corrected chi connectivity index (χ4v) is 2.79. The Kier molecular flexibility index (Phi) is 4.82. The maximum absolute atomic E-state index is 11.8. The molecule has 6 heteroatoms. The van der Waals surface area contributed by atoms with Crippen LogP contribution in [0.5, 0.6) is 0 Å². The van der Waals surface area contributed by atoms with Gasteiger partial charge in [0.25, 0.3) is 5.56 Å². The Bertz CT molecular complexity index is 482. The van der Waals surface area contributed by atoms with Crippen molar-refractivity contribution >= 4 is 17.3 Å². The standard InChI is InChI=1S/C13H21ClN4O/c1-3-18(9-10-4-6-15-7-5-10)11-8-16-17(2)13(19)12(11)14/h8,10,15H,3-7,9H2,1-2H3. The second-order valence-corrected chi connectivity index (χ2v) is 5.38. The van der Waals surface area contributed by atoms with Gasteiger partial charge in [-0.2, -0.15) is 5.10 Å². The summed E-state index contributed by atoms with van der Waals surface area (Å²) in [5.41, 5.74) is 0.522. The molecule has 1 aromatic heterocycles. The molecule has 0 spiro atoms. The molecule has 0 amide bonds. The lowest BCUT2D eigenvalue weighted by molar-refractivity contribution is 0.374. The topological polar surface area (TPSA) is 50.2 Å². The Morgan fingerprint density at radius 3 is 2.84 bits per heavy atom. The predicted molar refractivity (Wildman–Crippen MR) is 78.0 cm³/mol. The van der Waals surface area contributed by atoms with Gasteiger partial charge in [0.05, 0.1) is 11.9 Å². The second kappa shape index (κ2) is 6.39. The summed E-state index contributed by atoms with van der Waals surface area (Å²) in [6.45, 7) is 6.00. The lowest BCUT2D eigenvalue weighted by Gasteiger charge is -2.31. The molecule has 0 atom stereocenters. The summed E-state index contributed by atoms with van der Waals surface area (Å²) in [6, 6.07) is 0. The molecule has 0 aromatic carbocycles. The molecule has 19 heavy (non-hydrogen) atoms. The van der Waals surface area contributed by atoms with Crippen LogP contribution in [0.1, 0.15) is 19.8 Å². The van der Waals surface area contributed by atoms with Crippen molar-refractivity contribution < 1.29 is 0 Å². The van der Waals surface area contributed by atoms with Gasteiger partial charge in [-0.3, -0.25) is 4.79 Å². The molecule has 0 unspecified atom stereocenters. The van der Waals surface area contributed by atoms with Crippen LogP contribution in [0.15, 0.2) is 11.0 Å². The molecule has 0 saturated carbocycles. The molecule has 0 aliphatic carbocycles. The van der Waals surface area contributed by atoms with E-state index in [2.05, 4.69) is 22.2 Å². The minimum Gasteiger partial charge on any atom is -0.369 e. The van der Waals surface area contributed by atoms with Crippen LogP contribution in [0.2, 0.25) is 5.02 Å². The highest BCUT2D eigenvalue weighted by Crippen LogP contribution is 2.23. The highest BCUT2D eigenvalue weighted by molar-refractivity contribution is 6.33. The van der Waals surface area contributed by atoms with Crippen LogP contribution >= 0.6 is 11.6 Å². The van der Waals surface area contributed by atoms with E-state index in [1.54, 1.807) is 13.2 Å². The van der Waals surface area contributed by atoms with Gasteiger partial charge in [0, 0.05) is 20.1 Å². The van der Waals surface area contributed by atoms with Crippen molar-refractivity contribution in [2.45, 2.75) is 19.8 Å². The van der Waals surface area contributed by atoms with Gasteiger partial charge < -0.3 is 10.2 Å². The highest BCUT2D eigenvalue weighted by Gasteiger charge is 2.19. The first-order valence-corrected chi connectivity index (χ1v) is 7.18. The van der Waals surface area contributed by atoms with E-state index in [-0.39, 0.29) is 10.6 Å². The molecule has 2 rings (SSSR count). The fourth-order valence-electron chi connectivity index (χ4n) is 2.50. The van der Waals surface area contributed by atoms with Gasteiger partial charge in [0.1, 0.15) is 5.02 Å². The van der Waals surface area contributed by atoms with Gasteiger partial charge in [0.15, 0.2) is 0 Å². The van der Waals surface area contributed by atoms with Gasteiger partial charge in [-0.05, 0) is 38.8 Å². The molecule has 1 aliphatic rings. The van der Waals surface area contributed by atoms with Crippen molar-refractivity contribution in [1.29, 1.82) is 0 Å². The van der Waals surface area contributed by atoms with E-state index >= 15 is 0 Å². The molecule has 1 saturated heterocycles. The molecule has 1 fully saturated rings. The van der Waals surface area contributed by atoms with Crippen molar-refractivity contribution in [1.82, 2.24) is 15.1 Å². The zero-order chi connectivity index (χ0) is 13.8. The summed E-state index contributed by atoms with van der Waals surface area (Å²) in [7, 11) is 1.61. The molecule has 106 valence electrons. The van der Waals surface area contributed by atoms with E-state index in [1.807, 2.05) is 0 Å². The Morgan fingerprint density at radius 2 is 2.21 bits per heavy atom. The number of nitrogens with zero attached hydrogens (tertiary/aromatic N) is 3. The lowest BCUT2D eigenvalue weighted by atomic mass is 9.97. The summed E-state index contributed by atoms with van der Waals surface area (Å²) < 4.78 is 1.27. The largest absolute Gasteiger partial charge is 0.369 e. The average Bonchev–Trinajstić information content (AvgIpc) is 2.44. The Labute approximate surface area is 118 Å². The van der Waals surface area contributed by atoms with Gasteiger partial charge in [-0.25, -0.2) is 4.68 Å². The van der Waals surface area contributed by atoms with Crippen molar-refractivity contribution in [3.63, 3.8) is 0 Å². The van der Waals surface area contributed by atoms with Gasteiger partial charge in [-0.15, -0.1) is 0 Å². The number of piperidine rings is 1. The summed E-state index contributed by atoms with van der Waals surface area (Å²) in [6.07, 6.45) is 4.03. The smallest absolute Gasteiger partial charge is 0.287 e. The third-order valence-corrected chi connectivity index (χ3v) is 4.07. The quantitative estimate of drug-likeness (QED) is 0.904. The van der Waals surface area contributed by atoms with E-state index in [0.29, 0.717) is 5.92 Å². The van der Waals surface area contributed by atoms with Crippen LogP contribution in [0.3, 0.4) is 0 Å². The zero-order valence-electron chi connectivity index (χ0n) is 11.5. The first-order valence-electron chi connectivity index (χ1n) is 6.81. The summed E-state index contributed by atoms with van der Waals surface area (Å²) in [5.74, 6) is 0.654. The van der Waals surface area contributed by atoms with Gasteiger partial charge >= 0.3 is 0 Å². The molecule has 1 N–H and O–H groups in total. The SMILES string of the molecule is CCN(CC1CCNCC1)c1cnn(C)c(=O)c1Cl. The summed E-state index contributed by atoms with van der Waals surface area (Å²) >= 11 is 6.16. The molecular formula is C13H21ClN4O. The van der Waals surface area contributed by atoms with E-state index in [1.165, 1.54) is 17.5 Å². The minimum absolute atomic E-state index is 0.233. The van der Waals surface area contributed by atoms with Crippen LogP contribution in [-0.4, -0.2) is 36.0 Å². The molecule has 0 radical (unpaired) electrons. The lowest BCUT2D eigenvalue weighted by Crippen LogP contribution is -2.37. The third kappa shape index (κ3) is 3.28. The maximum atomic E-state index is 11.8. The van der Waals surface area contributed by atoms with Crippen molar-refractivity contribution in [3.05, 3.63) is 21.6 Å². The predicted octanol–water partition coefficient (Wildman–Crippen LogP) is 1.26. The van der Waals surface area contributed by atoms with Crippen molar-refractivity contribution in [3.8, 4) is 0 Å². The number of nitrogens with one attached hydrogen (secondary N) is 1. The Morgan fingerprint density at radius 1 is 1.53 bits per heavy atom. The number of rotatable bonds is 4. The minimum atomic E-state index is -0.233. The first-order chi connectivity index (χ1) is 9.13. The highest BCUT2D eigenvalue weighted by atomic mass is 35.5. The van der Waals surface area contributed by atoms with Crippen LogP contribution in [0, 0.1) is 5.92 Å². The summed E-state index contributed by atoms with van der Waals surface area (Å²) in [4.78, 5) is 14.0. The number of hydrogen-bond donors (Lipinski definition) is 1. The molecule has 0 bridgehead atoms.